The average Bonchev–Trinajstić information content (AvgIpc) is 2.69. The molecule has 2 aromatic rings. The number of amides is 1. The summed E-state index contributed by atoms with van der Waals surface area (Å²) >= 11 is 0. The third-order valence-corrected chi connectivity index (χ3v) is 3.83. The van der Waals surface area contributed by atoms with Crippen molar-refractivity contribution in [3.05, 3.63) is 59.7 Å². The van der Waals surface area contributed by atoms with E-state index >= 15 is 0 Å². The number of hydrogen-bond acceptors (Lipinski definition) is 5. The Kier molecular flexibility index (Phi) is 7.63. The summed E-state index contributed by atoms with van der Waals surface area (Å²) in [4.78, 5) is 24.1. The van der Waals surface area contributed by atoms with Gasteiger partial charge in [-0.2, -0.15) is 0 Å². The van der Waals surface area contributed by atoms with Crippen molar-refractivity contribution in [2.24, 2.45) is 0 Å². The molecule has 0 radical (unpaired) electrons. The number of benzene rings is 2. The lowest BCUT2D eigenvalue weighted by Gasteiger charge is -2.16. The number of hydrogen-bond donors (Lipinski definition) is 2. The molecule has 2 N–H and O–H groups in total. The monoisotopic (exact) mass is 373 g/mol. The van der Waals surface area contributed by atoms with Crippen molar-refractivity contribution in [2.75, 3.05) is 27.4 Å². The van der Waals surface area contributed by atoms with Crippen LogP contribution in [0, 0.1) is 0 Å². The smallest absolute Gasteiger partial charge is 0.330 e. The van der Waals surface area contributed by atoms with Crippen molar-refractivity contribution in [1.82, 2.24) is 5.32 Å². The Morgan fingerprint density at radius 1 is 1.04 bits per heavy atom. The average molecular weight is 373 g/mol. The van der Waals surface area contributed by atoms with E-state index in [0.29, 0.717) is 35.8 Å². The predicted molar refractivity (Wildman–Crippen MR) is 99.3 cm³/mol. The van der Waals surface area contributed by atoms with Crippen LogP contribution in [0.15, 0.2) is 48.5 Å². The number of carboxylic acids is 1. The Balaban J connectivity index is 2.07. The third kappa shape index (κ3) is 6.00. The first kappa shape index (κ1) is 20.3. The van der Waals surface area contributed by atoms with Crippen LogP contribution in [0.4, 0.5) is 0 Å². The molecule has 0 saturated carbocycles. The summed E-state index contributed by atoms with van der Waals surface area (Å²) in [5.74, 6) is -0.510. The lowest BCUT2D eigenvalue weighted by atomic mass is 10.1. The molecule has 0 spiro atoms. The van der Waals surface area contributed by atoms with E-state index < -0.39 is 17.9 Å². The SMILES string of the molecule is COCCCOc1cccc(C(=O)NC(C(=O)O)c2ccc(OC)cc2)c1. The Hall–Kier alpha value is -3.06. The zero-order chi connectivity index (χ0) is 19.6. The number of nitrogens with one attached hydrogen (secondary N) is 1. The van der Waals surface area contributed by atoms with Gasteiger partial charge in [-0.15, -0.1) is 0 Å². The van der Waals surface area contributed by atoms with Crippen LogP contribution in [0.3, 0.4) is 0 Å². The largest absolute Gasteiger partial charge is 0.497 e. The number of methoxy groups -OCH3 is 2. The van der Waals surface area contributed by atoms with E-state index in [1.807, 2.05) is 0 Å². The van der Waals surface area contributed by atoms with Crippen molar-refractivity contribution >= 4 is 11.9 Å². The van der Waals surface area contributed by atoms with Crippen molar-refractivity contribution in [3.63, 3.8) is 0 Å². The third-order valence-electron chi connectivity index (χ3n) is 3.83. The second-order valence-electron chi connectivity index (χ2n) is 5.74. The van der Waals surface area contributed by atoms with Crippen LogP contribution >= 0.6 is 0 Å². The fourth-order valence-corrected chi connectivity index (χ4v) is 2.42. The minimum absolute atomic E-state index is 0.319. The van der Waals surface area contributed by atoms with Crippen molar-refractivity contribution in [1.29, 1.82) is 0 Å². The van der Waals surface area contributed by atoms with Gasteiger partial charge in [0.1, 0.15) is 11.5 Å². The van der Waals surface area contributed by atoms with Crippen LogP contribution in [0.2, 0.25) is 0 Å². The first-order valence-corrected chi connectivity index (χ1v) is 8.44. The fourth-order valence-electron chi connectivity index (χ4n) is 2.42. The second kappa shape index (κ2) is 10.2. The van der Waals surface area contributed by atoms with Gasteiger partial charge < -0.3 is 24.6 Å². The van der Waals surface area contributed by atoms with Crippen molar-refractivity contribution in [2.45, 2.75) is 12.5 Å². The summed E-state index contributed by atoms with van der Waals surface area (Å²) in [5.41, 5.74) is 0.766. The molecule has 144 valence electrons. The predicted octanol–water partition coefficient (Wildman–Crippen LogP) is 2.67. The highest BCUT2D eigenvalue weighted by molar-refractivity contribution is 5.97. The Morgan fingerprint density at radius 2 is 1.78 bits per heavy atom. The molecule has 0 bridgehead atoms. The first-order chi connectivity index (χ1) is 13.0. The van der Waals surface area contributed by atoms with Crippen LogP contribution in [0.1, 0.15) is 28.4 Å². The quantitative estimate of drug-likeness (QED) is 0.622. The van der Waals surface area contributed by atoms with Crippen LogP contribution in [0.25, 0.3) is 0 Å². The zero-order valence-corrected chi connectivity index (χ0v) is 15.3. The number of carboxylic acid groups (broad SMARTS) is 1. The molecule has 27 heavy (non-hydrogen) atoms. The molecule has 1 amide bonds. The van der Waals surface area contributed by atoms with E-state index in [0.717, 1.165) is 6.42 Å². The zero-order valence-electron chi connectivity index (χ0n) is 15.3. The highest BCUT2D eigenvalue weighted by Crippen LogP contribution is 2.20. The maximum absolute atomic E-state index is 12.5. The number of aliphatic carboxylic acids is 1. The van der Waals surface area contributed by atoms with Crippen molar-refractivity contribution in [3.8, 4) is 11.5 Å². The van der Waals surface area contributed by atoms with E-state index in [4.69, 9.17) is 14.2 Å². The van der Waals surface area contributed by atoms with Gasteiger partial charge in [0.15, 0.2) is 6.04 Å². The molecule has 0 aliphatic rings. The minimum Gasteiger partial charge on any atom is -0.497 e. The normalized spacial score (nSPS) is 11.5. The lowest BCUT2D eigenvalue weighted by Crippen LogP contribution is -2.33. The summed E-state index contributed by atoms with van der Waals surface area (Å²) in [6.45, 7) is 1.05. The molecular formula is C20H23NO6. The number of carbonyl (C=O) groups excluding carboxylic acids is 1. The summed E-state index contributed by atoms with van der Waals surface area (Å²) in [6.07, 6.45) is 0.728. The molecule has 7 nitrogen and oxygen atoms in total. The molecular weight excluding hydrogens is 350 g/mol. The second-order valence-corrected chi connectivity index (χ2v) is 5.74. The van der Waals surface area contributed by atoms with E-state index in [2.05, 4.69) is 5.32 Å². The molecule has 7 heteroatoms. The molecule has 2 aromatic carbocycles. The van der Waals surface area contributed by atoms with Crippen LogP contribution in [-0.4, -0.2) is 44.4 Å². The maximum atomic E-state index is 12.5. The summed E-state index contributed by atoms with van der Waals surface area (Å²) < 4.78 is 15.6. The summed E-state index contributed by atoms with van der Waals surface area (Å²) in [6, 6.07) is 11.9. The molecule has 0 aromatic heterocycles. The van der Waals surface area contributed by atoms with Gasteiger partial charge >= 0.3 is 5.97 Å². The fraction of sp³-hybridized carbons (Fsp3) is 0.300. The minimum atomic E-state index is -1.17. The Labute approximate surface area is 157 Å². The van der Waals surface area contributed by atoms with Gasteiger partial charge in [-0.1, -0.05) is 18.2 Å². The number of carbonyl (C=O) groups is 2. The molecule has 1 unspecified atom stereocenters. The van der Waals surface area contributed by atoms with Gasteiger partial charge in [0.05, 0.1) is 13.7 Å². The van der Waals surface area contributed by atoms with Crippen LogP contribution in [-0.2, 0) is 9.53 Å². The van der Waals surface area contributed by atoms with E-state index in [1.54, 1.807) is 55.6 Å². The number of ether oxygens (including phenoxy) is 3. The van der Waals surface area contributed by atoms with Gasteiger partial charge in [-0.05, 0) is 35.9 Å². The van der Waals surface area contributed by atoms with Crippen LogP contribution in [0.5, 0.6) is 11.5 Å². The van der Waals surface area contributed by atoms with Crippen LogP contribution < -0.4 is 14.8 Å². The molecule has 2 rings (SSSR count). The van der Waals surface area contributed by atoms with Gasteiger partial charge in [0.2, 0.25) is 0 Å². The molecule has 0 aliphatic carbocycles. The molecule has 0 heterocycles. The Bertz CT molecular complexity index is 759. The first-order valence-electron chi connectivity index (χ1n) is 8.44. The number of rotatable bonds is 10. The maximum Gasteiger partial charge on any atom is 0.330 e. The Morgan fingerprint density at radius 3 is 2.41 bits per heavy atom. The molecule has 0 fully saturated rings. The van der Waals surface area contributed by atoms with E-state index in [-0.39, 0.29) is 0 Å². The molecule has 0 saturated heterocycles. The summed E-state index contributed by atoms with van der Waals surface area (Å²) in [7, 11) is 3.14. The highest BCUT2D eigenvalue weighted by Gasteiger charge is 2.23. The molecule has 1 atom stereocenters. The van der Waals surface area contributed by atoms with Crippen molar-refractivity contribution < 1.29 is 28.9 Å². The summed E-state index contributed by atoms with van der Waals surface area (Å²) in [5, 5.41) is 12.0. The standard InChI is InChI=1S/C20H23NO6/c1-25-11-4-12-27-17-6-3-5-15(13-17)19(22)21-18(20(23)24)14-7-9-16(26-2)10-8-14/h3,5-10,13,18H,4,11-12H2,1-2H3,(H,21,22)(H,23,24). The topological polar surface area (TPSA) is 94.1 Å². The van der Waals surface area contributed by atoms with E-state index in [9.17, 15) is 14.7 Å². The lowest BCUT2D eigenvalue weighted by molar-refractivity contribution is -0.139. The van der Waals surface area contributed by atoms with Gasteiger partial charge in [0, 0.05) is 25.7 Å². The molecule has 0 aliphatic heterocycles. The van der Waals surface area contributed by atoms with Gasteiger partial charge in [0.25, 0.3) is 5.91 Å². The highest BCUT2D eigenvalue weighted by atomic mass is 16.5. The van der Waals surface area contributed by atoms with E-state index in [1.165, 1.54) is 7.11 Å². The van der Waals surface area contributed by atoms with Gasteiger partial charge in [-0.3, -0.25) is 4.79 Å². The van der Waals surface area contributed by atoms with Gasteiger partial charge in [-0.25, -0.2) is 4.79 Å².